The van der Waals surface area contributed by atoms with Crippen molar-refractivity contribution in [1.82, 2.24) is 0 Å². The van der Waals surface area contributed by atoms with E-state index in [9.17, 15) is 9.59 Å². The molecule has 0 saturated carbocycles. The van der Waals surface area contributed by atoms with Crippen LogP contribution in [0.25, 0.3) is 0 Å². The average Bonchev–Trinajstić information content (AvgIpc) is 2.86. The number of carbonyl (C=O) groups excluding carboxylic acids is 2. The second kappa shape index (κ2) is 12.5. The fraction of sp³-hybridized carbons (Fsp3) is 0.375. The minimum Gasteiger partial charge on any atom is -0.457 e. The van der Waals surface area contributed by atoms with Crippen LogP contribution in [0.5, 0.6) is 11.5 Å². The summed E-state index contributed by atoms with van der Waals surface area (Å²) < 4.78 is 21.9. The van der Waals surface area contributed by atoms with E-state index in [-0.39, 0.29) is 13.6 Å². The number of rotatable bonds is 8. The molecule has 0 aliphatic rings. The number of esters is 2. The third kappa shape index (κ3) is 6.47. The van der Waals surface area contributed by atoms with E-state index in [1.54, 1.807) is 13.8 Å². The largest absolute Gasteiger partial charge is 0.457 e. The van der Waals surface area contributed by atoms with Crippen molar-refractivity contribution >= 4 is 11.9 Å². The van der Waals surface area contributed by atoms with Crippen LogP contribution in [0.2, 0.25) is 0 Å². The molecule has 0 aliphatic heterocycles. The smallest absolute Gasteiger partial charge is 0.335 e. The number of hydrogen-bond donors (Lipinski definition) is 0. The molecule has 0 heterocycles. The number of carbonyl (C=O) groups is 2. The van der Waals surface area contributed by atoms with Crippen LogP contribution in [0.1, 0.15) is 69.5 Å². The van der Waals surface area contributed by atoms with Gasteiger partial charge < -0.3 is 18.9 Å². The van der Waals surface area contributed by atoms with Gasteiger partial charge in [0, 0.05) is 22.3 Å². The summed E-state index contributed by atoms with van der Waals surface area (Å²) in [6.07, 6.45) is 0. The molecule has 6 nitrogen and oxygen atoms in total. The molecule has 0 amide bonds. The van der Waals surface area contributed by atoms with E-state index in [0.29, 0.717) is 22.6 Å². The molecule has 2 rings (SSSR count). The monoisotopic (exact) mass is 518 g/mol. The lowest BCUT2D eigenvalue weighted by molar-refractivity contribution is -0.146. The second-order valence-electron chi connectivity index (χ2n) is 9.61. The fourth-order valence-corrected chi connectivity index (χ4v) is 4.02. The Morgan fingerprint density at radius 1 is 0.553 bits per heavy atom. The van der Waals surface area contributed by atoms with E-state index in [0.717, 1.165) is 55.6 Å². The molecule has 0 bridgehead atoms. The van der Waals surface area contributed by atoms with Crippen LogP contribution >= 0.6 is 0 Å². The van der Waals surface area contributed by atoms with Gasteiger partial charge in [0.1, 0.15) is 11.5 Å². The zero-order valence-corrected chi connectivity index (χ0v) is 24.3. The molecule has 0 unspecified atom stereocenters. The van der Waals surface area contributed by atoms with E-state index < -0.39 is 11.9 Å². The molecule has 0 N–H and O–H groups in total. The Labute approximate surface area is 226 Å². The fourth-order valence-electron chi connectivity index (χ4n) is 4.02. The van der Waals surface area contributed by atoms with Gasteiger partial charge in [-0.1, -0.05) is 25.0 Å². The Kier molecular flexibility index (Phi) is 9.96. The normalized spacial score (nSPS) is 10.3. The summed E-state index contributed by atoms with van der Waals surface area (Å²) in [6.45, 7) is 25.9. The lowest BCUT2D eigenvalue weighted by Gasteiger charge is -2.19. The average molecular weight is 519 g/mol. The van der Waals surface area contributed by atoms with Gasteiger partial charge in [-0.3, -0.25) is 0 Å². The Hall–Kier alpha value is -3.98. The first-order chi connectivity index (χ1) is 17.7. The number of benzene rings is 2. The third-order valence-corrected chi connectivity index (χ3v) is 6.91. The number of ether oxygens (including phenoxy) is 4. The van der Waals surface area contributed by atoms with Crippen molar-refractivity contribution in [2.24, 2.45) is 0 Å². The summed E-state index contributed by atoms with van der Waals surface area (Å²) in [5, 5.41) is 0. The first-order valence-electron chi connectivity index (χ1n) is 12.3. The first-order valence-corrected chi connectivity index (χ1v) is 12.3. The SMILES string of the molecule is C=C(C)C(=O)OCOc1c(C)c(C)c(C#Cc2c(C)c(C)c(OCOC(=O)C(=C)C)c(C)c2C)c(C)c1C. The standard InChI is InChI=1S/C32H38O6/c1-17(2)31(33)37-15-35-29-23(9)19(5)27(20(6)24(29)10)13-14-28-21(7)25(11)30(26(12)22(28)8)36-16-38-32(34)18(3)4/h1,3,15-16H2,2,4-12H3. The zero-order valence-electron chi connectivity index (χ0n) is 24.3. The van der Waals surface area contributed by atoms with E-state index in [1.165, 1.54) is 0 Å². The van der Waals surface area contributed by atoms with Gasteiger partial charge in [-0.15, -0.1) is 0 Å². The van der Waals surface area contributed by atoms with Crippen LogP contribution in [-0.2, 0) is 19.1 Å². The Balaban J connectivity index is 2.42. The van der Waals surface area contributed by atoms with Gasteiger partial charge in [-0.05, 0) is 114 Å². The molecule has 2 aromatic carbocycles. The van der Waals surface area contributed by atoms with Crippen LogP contribution in [0.4, 0.5) is 0 Å². The highest BCUT2D eigenvalue weighted by molar-refractivity contribution is 5.87. The maximum absolute atomic E-state index is 11.7. The van der Waals surface area contributed by atoms with Crippen molar-refractivity contribution in [3.8, 4) is 23.3 Å². The van der Waals surface area contributed by atoms with Gasteiger partial charge in [0.2, 0.25) is 13.6 Å². The van der Waals surface area contributed by atoms with Gasteiger partial charge in [-0.2, -0.15) is 0 Å². The first kappa shape index (κ1) is 30.2. The van der Waals surface area contributed by atoms with Crippen molar-refractivity contribution in [3.05, 3.63) is 79.9 Å². The van der Waals surface area contributed by atoms with Crippen molar-refractivity contribution in [1.29, 1.82) is 0 Å². The van der Waals surface area contributed by atoms with E-state index in [1.807, 2.05) is 55.4 Å². The molecule has 202 valence electrons. The van der Waals surface area contributed by atoms with Crippen molar-refractivity contribution in [2.45, 2.75) is 69.2 Å². The van der Waals surface area contributed by atoms with Gasteiger partial charge in [0.05, 0.1) is 0 Å². The molecule has 38 heavy (non-hydrogen) atoms. The van der Waals surface area contributed by atoms with Crippen molar-refractivity contribution < 1.29 is 28.5 Å². The van der Waals surface area contributed by atoms with Gasteiger partial charge in [-0.25, -0.2) is 9.59 Å². The summed E-state index contributed by atoms with van der Waals surface area (Å²) >= 11 is 0. The highest BCUT2D eigenvalue weighted by Gasteiger charge is 2.18. The summed E-state index contributed by atoms with van der Waals surface area (Å²) in [5.41, 5.74) is 10.3. The highest BCUT2D eigenvalue weighted by Crippen LogP contribution is 2.34. The van der Waals surface area contributed by atoms with Crippen LogP contribution in [0.3, 0.4) is 0 Å². The van der Waals surface area contributed by atoms with Crippen LogP contribution in [-0.4, -0.2) is 25.5 Å². The minimum atomic E-state index is -0.489. The van der Waals surface area contributed by atoms with Gasteiger partial charge in [0.25, 0.3) is 0 Å². The molecule has 6 heteroatoms. The maximum atomic E-state index is 11.7. The Bertz CT molecular complexity index is 1220. The number of hydrogen-bond acceptors (Lipinski definition) is 6. The molecule has 0 saturated heterocycles. The van der Waals surface area contributed by atoms with E-state index in [4.69, 9.17) is 18.9 Å². The molecule has 0 aromatic heterocycles. The van der Waals surface area contributed by atoms with E-state index in [2.05, 4.69) is 25.0 Å². The Morgan fingerprint density at radius 3 is 1.05 bits per heavy atom. The Morgan fingerprint density at radius 2 is 0.816 bits per heavy atom. The van der Waals surface area contributed by atoms with Gasteiger partial charge >= 0.3 is 11.9 Å². The molecule has 0 aliphatic carbocycles. The third-order valence-electron chi connectivity index (χ3n) is 6.91. The summed E-state index contributed by atoms with van der Waals surface area (Å²) in [5.74, 6) is 7.20. The molecule has 0 fully saturated rings. The molecule has 0 atom stereocenters. The van der Waals surface area contributed by atoms with E-state index >= 15 is 0 Å². The molecule has 2 aromatic rings. The van der Waals surface area contributed by atoms with Crippen molar-refractivity contribution in [3.63, 3.8) is 0 Å². The van der Waals surface area contributed by atoms with Gasteiger partial charge in [0.15, 0.2) is 0 Å². The lowest BCUT2D eigenvalue weighted by atomic mass is 9.91. The molecular formula is C32H38O6. The predicted octanol–water partition coefficient (Wildman–Crippen LogP) is 6.46. The summed E-state index contributed by atoms with van der Waals surface area (Å²) in [4.78, 5) is 23.4. The van der Waals surface area contributed by atoms with Crippen LogP contribution < -0.4 is 9.47 Å². The zero-order chi connectivity index (χ0) is 28.9. The van der Waals surface area contributed by atoms with Crippen molar-refractivity contribution in [2.75, 3.05) is 13.6 Å². The summed E-state index contributed by atoms with van der Waals surface area (Å²) in [7, 11) is 0. The van der Waals surface area contributed by atoms with Crippen LogP contribution in [0, 0.1) is 67.2 Å². The maximum Gasteiger partial charge on any atom is 0.335 e. The van der Waals surface area contributed by atoms with Crippen LogP contribution in [0.15, 0.2) is 24.3 Å². The quantitative estimate of drug-likeness (QED) is 0.173. The minimum absolute atomic E-state index is 0.185. The molecule has 0 spiro atoms. The molecule has 0 radical (unpaired) electrons. The second-order valence-corrected chi connectivity index (χ2v) is 9.61. The lowest BCUT2D eigenvalue weighted by Crippen LogP contribution is -2.13. The highest BCUT2D eigenvalue weighted by atomic mass is 16.7. The predicted molar refractivity (Wildman–Crippen MR) is 150 cm³/mol. The summed E-state index contributed by atoms with van der Waals surface area (Å²) in [6, 6.07) is 0. The molecular weight excluding hydrogens is 480 g/mol. The topological polar surface area (TPSA) is 71.1 Å².